The molecule has 2 aromatic carbocycles. The van der Waals surface area contributed by atoms with Crippen LogP contribution in [-0.2, 0) is 11.4 Å². The van der Waals surface area contributed by atoms with Crippen molar-refractivity contribution in [3.63, 3.8) is 0 Å². The molecule has 0 fully saturated rings. The molecule has 0 aromatic heterocycles. The molecule has 3 N–H and O–H groups in total. The smallest absolute Gasteiger partial charge is 0.256 e. The molecule has 0 bridgehead atoms. The van der Waals surface area contributed by atoms with Crippen LogP contribution in [0.5, 0.6) is 0 Å². The predicted octanol–water partition coefficient (Wildman–Crippen LogP) is 2.29. The molecular weight excluding hydrogens is 342 g/mol. The third kappa shape index (κ3) is 4.17. The van der Waals surface area contributed by atoms with Gasteiger partial charge >= 0.3 is 0 Å². The van der Waals surface area contributed by atoms with Gasteiger partial charge in [0.1, 0.15) is 11.8 Å². The molecule has 25 heavy (non-hydrogen) atoms. The lowest BCUT2D eigenvalue weighted by Gasteiger charge is -2.11. The van der Waals surface area contributed by atoms with Crippen LogP contribution in [0.4, 0.5) is 0 Å². The molecule has 0 unspecified atom stereocenters. The zero-order valence-electron chi connectivity index (χ0n) is 13.2. The first-order chi connectivity index (χ1) is 12.1. The van der Waals surface area contributed by atoms with Gasteiger partial charge in [0.2, 0.25) is 0 Å². The average Bonchev–Trinajstić information content (AvgIpc) is 3.05. The Balaban J connectivity index is 1.72. The van der Waals surface area contributed by atoms with Crippen molar-refractivity contribution in [3.8, 4) is 0 Å². The first-order valence-electron chi connectivity index (χ1n) is 7.64. The molecule has 0 saturated heterocycles. The highest BCUT2D eigenvalue weighted by atomic mass is 35.5. The summed E-state index contributed by atoms with van der Waals surface area (Å²) in [6.07, 6.45) is 0. The fourth-order valence-corrected chi connectivity index (χ4v) is 2.50. The van der Waals surface area contributed by atoms with E-state index in [1.54, 1.807) is 24.3 Å². The van der Waals surface area contributed by atoms with Gasteiger partial charge in [0.05, 0.1) is 16.8 Å². The van der Waals surface area contributed by atoms with E-state index in [-0.39, 0.29) is 23.2 Å². The molecule has 0 atom stereocenters. The quantitative estimate of drug-likeness (QED) is 0.717. The average molecular weight is 358 g/mol. The van der Waals surface area contributed by atoms with Crippen molar-refractivity contribution in [2.75, 3.05) is 6.61 Å². The zero-order chi connectivity index (χ0) is 17.6. The van der Waals surface area contributed by atoms with E-state index in [1.165, 1.54) is 0 Å². The number of rotatable bonds is 5. The SMILES string of the molecule is O=C(NCc1ccccc1)c1ccccc1C(=O)NC1=C(Cl)NOC1. The summed E-state index contributed by atoms with van der Waals surface area (Å²) in [5.74, 6) is -0.749. The first kappa shape index (κ1) is 17.0. The third-order valence-corrected chi connectivity index (χ3v) is 3.93. The molecule has 7 heteroatoms. The van der Waals surface area contributed by atoms with E-state index < -0.39 is 5.91 Å². The monoisotopic (exact) mass is 357 g/mol. The summed E-state index contributed by atoms with van der Waals surface area (Å²) in [4.78, 5) is 29.9. The number of hydrogen-bond donors (Lipinski definition) is 3. The highest BCUT2D eigenvalue weighted by molar-refractivity contribution is 6.29. The summed E-state index contributed by atoms with van der Waals surface area (Å²) in [5, 5.41) is 5.70. The van der Waals surface area contributed by atoms with Crippen LogP contribution in [-0.4, -0.2) is 18.4 Å². The van der Waals surface area contributed by atoms with Gasteiger partial charge in [-0.2, -0.15) is 0 Å². The van der Waals surface area contributed by atoms with Gasteiger partial charge in [0.25, 0.3) is 11.8 Å². The fraction of sp³-hybridized carbons (Fsp3) is 0.111. The van der Waals surface area contributed by atoms with E-state index in [0.29, 0.717) is 17.8 Å². The van der Waals surface area contributed by atoms with Gasteiger partial charge in [-0.3, -0.25) is 19.9 Å². The van der Waals surface area contributed by atoms with Gasteiger partial charge in [-0.25, -0.2) is 0 Å². The van der Waals surface area contributed by atoms with Crippen molar-refractivity contribution in [2.45, 2.75) is 6.54 Å². The van der Waals surface area contributed by atoms with Gasteiger partial charge in [0, 0.05) is 6.54 Å². The van der Waals surface area contributed by atoms with Gasteiger partial charge in [-0.1, -0.05) is 54.1 Å². The molecule has 2 aromatic rings. The van der Waals surface area contributed by atoms with Gasteiger partial charge in [-0.05, 0) is 17.7 Å². The number of carbonyl (C=O) groups is 2. The van der Waals surface area contributed by atoms with E-state index in [2.05, 4.69) is 16.1 Å². The normalized spacial score (nSPS) is 13.3. The van der Waals surface area contributed by atoms with E-state index in [0.717, 1.165) is 5.56 Å². The van der Waals surface area contributed by atoms with Crippen LogP contribution >= 0.6 is 11.6 Å². The van der Waals surface area contributed by atoms with Crippen LogP contribution in [0.1, 0.15) is 26.3 Å². The number of benzene rings is 2. The van der Waals surface area contributed by atoms with Crippen molar-refractivity contribution < 1.29 is 14.4 Å². The lowest BCUT2D eigenvalue weighted by molar-refractivity contribution is 0.0909. The highest BCUT2D eigenvalue weighted by Gasteiger charge is 2.20. The van der Waals surface area contributed by atoms with Crippen LogP contribution < -0.4 is 16.1 Å². The lowest BCUT2D eigenvalue weighted by Crippen LogP contribution is -2.29. The Bertz CT molecular complexity index is 821. The summed E-state index contributed by atoms with van der Waals surface area (Å²) in [5.41, 5.74) is 4.40. The maximum atomic E-state index is 12.5. The molecule has 1 aliphatic heterocycles. The van der Waals surface area contributed by atoms with E-state index in [9.17, 15) is 9.59 Å². The van der Waals surface area contributed by atoms with Gasteiger partial charge in [-0.15, -0.1) is 0 Å². The molecule has 0 radical (unpaired) electrons. The molecule has 0 aliphatic carbocycles. The molecule has 3 rings (SSSR count). The topological polar surface area (TPSA) is 79.5 Å². The Morgan fingerprint density at radius 2 is 1.64 bits per heavy atom. The molecule has 1 aliphatic rings. The van der Waals surface area contributed by atoms with Crippen molar-refractivity contribution in [3.05, 3.63) is 82.1 Å². The van der Waals surface area contributed by atoms with Crippen molar-refractivity contribution in [2.24, 2.45) is 0 Å². The molecule has 6 nitrogen and oxygen atoms in total. The Hall–Kier alpha value is -2.83. The summed E-state index contributed by atoms with van der Waals surface area (Å²) < 4.78 is 0. The molecular formula is C18H16ClN3O3. The predicted molar refractivity (Wildman–Crippen MR) is 93.5 cm³/mol. The van der Waals surface area contributed by atoms with Crippen LogP contribution in [0.2, 0.25) is 0 Å². The molecule has 0 saturated carbocycles. The molecule has 128 valence electrons. The van der Waals surface area contributed by atoms with E-state index in [4.69, 9.17) is 16.4 Å². The van der Waals surface area contributed by atoms with E-state index in [1.807, 2.05) is 30.3 Å². The standard InChI is InChI=1S/C18H16ClN3O3/c19-16-15(11-25-22-16)21-18(24)14-9-5-4-8-13(14)17(23)20-10-12-6-2-1-3-7-12/h1-9,22H,10-11H2,(H,20,23)(H,21,24). The van der Waals surface area contributed by atoms with Crippen molar-refractivity contribution >= 4 is 23.4 Å². The number of hydrogen-bond acceptors (Lipinski definition) is 4. The number of amides is 2. The van der Waals surface area contributed by atoms with Crippen LogP contribution in [0.15, 0.2) is 65.5 Å². The van der Waals surface area contributed by atoms with Crippen LogP contribution in [0.25, 0.3) is 0 Å². The second-order valence-electron chi connectivity index (χ2n) is 5.35. The molecule has 0 spiro atoms. The lowest BCUT2D eigenvalue weighted by atomic mass is 10.1. The van der Waals surface area contributed by atoms with E-state index >= 15 is 0 Å². The summed E-state index contributed by atoms with van der Waals surface area (Å²) in [7, 11) is 0. The molecule has 1 heterocycles. The first-order valence-corrected chi connectivity index (χ1v) is 8.02. The second-order valence-corrected chi connectivity index (χ2v) is 5.73. The zero-order valence-corrected chi connectivity index (χ0v) is 14.0. The number of hydroxylamine groups is 1. The summed E-state index contributed by atoms with van der Waals surface area (Å²) >= 11 is 5.88. The number of halogens is 1. The summed E-state index contributed by atoms with van der Waals surface area (Å²) in [6, 6.07) is 16.1. The van der Waals surface area contributed by atoms with Crippen LogP contribution in [0, 0.1) is 0 Å². The third-order valence-electron chi connectivity index (χ3n) is 3.62. The van der Waals surface area contributed by atoms with Crippen LogP contribution in [0.3, 0.4) is 0 Å². The minimum absolute atomic E-state index is 0.146. The highest BCUT2D eigenvalue weighted by Crippen LogP contribution is 2.14. The fourth-order valence-electron chi connectivity index (χ4n) is 2.34. The Morgan fingerprint density at radius 1 is 1.00 bits per heavy atom. The molecule has 2 amide bonds. The number of nitrogens with one attached hydrogen (secondary N) is 3. The Morgan fingerprint density at radius 3 is 2.28 bits per heavy atom. The van der Waals surface area contributed by atoms with Gasteiger partial charge < -0.3 is 10.6 Å². The minimum atomic E-state index is -0.425. The maximum Gasteiger partial charge on any atom is 0.256 e. The maximum absolute atomic E-state index is 12.5. The van der Waals surface area contributed by atoms with Crippen molar-refractivity contribution in [1.29, 1.82) is 0 Å². The summed E-state index contributed by atoms with van der Waals surface area (Å²) in [6.45, 7) is 0.525. The Kier molecular flexibility index (Phi) is 5.33. The Labute approximate surface area is 149 Å². The second kappa shape index (κ2) is 7.83. The number of carbonyl (C=O) groups excluding carboxylic acids is 2. The van der Waals surface area contributed by atoms with Gasteiger partial charge in [0.15, 0.2) is 0 Å². The minimum Gasteiger partial charge on any atom is -0.348 e. The largest absolute Gasteiger partial charge is 0.348 e. The van der Waals surface area contributed by atoms with Crippen molar-refractivity contribution in [1.82, 2.24) is 16.1 Å².